The van der Waals surface area contributed by atoms with Crippen molar-refractivity contribution in [2.24, 2.45) is 0 Å². The molecule has 0 aliphatic heterocycles. The average Bonchev–Trinajstić information content (AvgIpc) is 3.07. The van der Waals surface area contributed by atoms with Gasteiger partial charge in [0.15, 0.2) is 0 Å². The van der Waals surface area contributed by atoms with Gasteiger partial charge in [0, 0.05) is 23.1 Å². The minimum Gasteiger partial charge on any atom is -0.465 e. The highest BCUT2D eigenvalue weighted by Gasteiger charge is 2.21. The second-order valence-corrected chi connectivity index (χ2v) is 9.76. The molecule has 0 unspecified atom stereocenters. The lowest BCUT2D eigenvalue weighted by Crippen LogP contribution is -2.24. The molecule has 0 aliphatic carbocycles. The Labute approximate surface area is 206 Å². The predicted molar refractivity (Wildman–Crippen MR) is 139 cm³/mol. The van der Waals surface area contributed by atoms with Gasteiger partial charge in [-0.05, 0) is 81.1 Å². The minimum absolute atomic E-state index is 0.326. The first kappa shape index (κ1) is 24.3. The van der Waals surface area contributed by atoms with Gasteiger partial charge >= 0.3 is 11.9 Å². The summed E-state index contributed by atoms with van der Waals surface area (Å²) in [6, 6.07) is 21.5. The molecular formula is C30H31NO4. The quantitative estimate of drug-likeness (QED) is 0.305. The number of carbonyl (C=O) groups is 2. The van der Waals surface area contributed by atoms with Crippen molar-refractivity contribution in [3.05, 3.63) is 94.7 Å². The zero-order chi connectivity index (χ0) is 25.3. The third-order valence-electron chi connectivity index (χ3n) is 6.21. The summed E-state index contributed by atoms with van der Waals surface area (Å²) < 4.78 is 12.7. The number of hydrogen-bond acceptors (Lipinski definition) is 4. The van der Waals surface area contributed by atoms with Gasteiger partial charge in [0.1, 0.15) is 5.60 Å². The van der Waals surface area contributed by atoms with Gasteiger partial charge in [0.05, 0.1) is 18.2 Å². The summed E-state index contributed by atoms with van der Waals surface area (Å²) in [6.45, 7) is 10.5. The van der Waals surface area contributed by atoms with Crippen molar-refractivity contribution in [2.45, 2.75) is 46.8 Å². The molecule has 0 aliphatic rings. The number of esters is 2. The number of aromatic nitrogens is 1. The van der Waals surface area contributed by atoms with E-state index >= 15 is 0 Å². The van der Waals surface area contributed by atoms with Gasteiger partial charge in [0.2, 0.25) is 0 Å². The van der Waals surface area contributed by atoms with Crippen LogP contribution in [0.3, 0.4) is 0 Å². The van der Waals surface area contributed by atoms with Crippen molar-refractivity contribution in [1.82, 2.24) is 4.57 Å². The van der Waals surface area contributed by atoms with Crippen LogP contribution in [-0.4, -0.2) is 29.2 Å². The van der Waals surface area contributed by atoms with Crippen LogP contribution < -0.4 is 0 Å². The highest BCUT2D eigenvalue weighted by molar-refractivity contribution is 5.98. The van der Waals surface area contributed by atoms with Crippen molar-refractivity contribution in [2.75, 3.05) is 7.11 Å². The summed E-state index contributed by atoms with van der Waals surface area (Å²) in [6.07, 6.45) is 0. The zero-order valence-corrected chi connectivity index (χ0v) is 21.1. The smallest absolute Gasteiger partial charge is 0.339 e. The number of ether oxygens (including phenoxy) is 2. The molecule has 35 heavy (non-hydrogen) atoms. The van der Waals surface area contributed by atoms with Crippen molar-refractivity contribution >= 4 is 22.8 Å². The van der Waals surface area contributed by atoms with E-state index in [1.165, 1.54) is 7.11 Å². The van der Waals surface area contributed by atoms with Crippen LogP contribution in [0.5, 0.6) is 0 Å². The molecular weight excluding hydrogens is 438 g/mol. The fourth-order valence-electron chi connectivity index (χ4n) is 4.32. The topological polar surface area (TPSA) is 57.5 Å². The highest BCUT2D eigenvalue weighted by atomic mass is 16.6. The van der Waals surface area contributed by atoms with Crippen LogP contribution in [0.15, 0.2) is 66.7 Å². The molecule has 5 heteroatoms. The second-order valence-electron chi connectivity index (χ2n) is 9.76. The number of aryl methyl sites for hydroxylation is 1. The largest absolute Gasteiger partial charge is 0.465 e. The number of carbonyl (C=O) groups excluding carboxylic acids is 2. The van der Waals surface area contributed by atoms with Gasteiger partial charge < -0.3 is 14.0 Å². The zero-order valence-electron chi connectivity index (χ0n) is 21.1. The number of methoxy groups -OCH3 is 1. The Morgan fingerprint density at radius 3 is 2.23 bits per heavy atom. The maximum atomic E-state index is 12.8. The first-order valence-electron chi connectivity index (χ1n) is 11.7. The molecule has 0 bridgehead atoms. The molecule has 180 valence electrons. The Hall–Kier alpha value is -3.86. The Bertz CT molecular complexity index is 1410. The molecule has 1 aromatic heterocycles. The molecule has 0 N–H and O–H groups in total. The van der Waals surface area contributed by atoms with E-state index in [0.29, 0.717) is 17.7 Å². The molecule has 0 saturated carbocycles. The van der Waals surface area contributed by atoms with E-state index in [4.69, 9.17) is 9.47 Å². The Balaban J connectivity index is 1.64. The van der Waals surface area contributed by atoms with E-state index in [0.717, 1.165) is 38.9 Å². The molecule has 0 spiro atoms. The molecule has 1 heterocycles. The fraction of sp³-hybridized carbons (Fsp3) is 0.267. The normalized spacial score (nSPS) is 11.5. The van der Waals surface area contributed by atoms with Gasteiger partial charge in [-0.25, -0.2) is 9.59 Å². The maximum absolute atomic E-state index is 12.8. The number of benzene rings is 3. The van der Waals surface area contributed by atoms with Crippen LogP contribution in [0, 0.1) is 13.8 Å². The maximum Gasteiger partial charge on any atom is 0.339 e. The van der Waals surface area contributed by atoms with Gasteiger partial charge in [-0.2, -0.15) is 0 Å². The lowest BCUT2D eigenvalue weighted by Gasteiger charge is -2.20. The van der Waals surface area contributed by atoms with Gasteiger partial charge in [-0.1, -0.05) is 42.5 Å². The lowest BCUT2D eigenvalue weighted by molar-refractivity contribution is 0.00702. The van der Waals surface area contributed by atoms with Crippen molar-refractivity contribution in [3.63, 3.8) is 0 Å². The predicted octanol–water partition coefficient (Wildman–Crippen LogP) is 6.72. The standard InChI is InChI=1S/C30H31NO4/c1-19-20(2)31(27-16-15-23(17-26(19)27)28(32)34-6)18-21-11-13-22(14-12-21)24-9-7-8-10-25(24)29(33)35-30(3,4)5/h7-17H,18H2,1-6H3. The van der Waals surface area contributed by atoms with Crippen LogP contribution in [0.25, 0.3) is 22.0 Å². The van der Waals surface area contributed by atoms with Crippen molar-refractivity contribution < 1.29 is 19.1 Å². The van der Waals surface area contributed by atoms with Crippen LogP contribution in [0.2, 0.25) is 0 Å². The number of fused-ring (bicyclic) bond motifs is 1. The molecule has 5 nitrogen and oxygen atoms in total. The summed E-state index contributed by atoms with van der Waals surface area (Å²) in [7, 11) is 1.39. The van der Waals surface area contributed by atoms with Crippen molar-refractivity contribution in [1.29, 1.82) is 0 Å². The molecule has 0 saturated heterocycles. The highest BCUT2D eigenvalue weighted by Crippen LogP contribution is 2.29. The average molecular weight is 470 g/mol. The molecule has 4 aromatic rings. The van der Waals surface area contributed by atoms with Gasteiger partial charge in [0.25, 0.3) is 0 Å². The van der Waals surface area contributed by atoms with E-state index < -0.39 is 5.60 Å². The van der Waals surface area contributed by atoms with Crippen molar-refractivity contribution in [3.8, 4) is 11.1 Å². The fourth-order valence-corrected chi connectivity index (χ4v) is 4.32. The van der Waals surface area contributed by atoms with Gasteiger partial charge in [-0.15, -0.1) is 0 Å². The second kappa shape index (κ2) is 9.41. The van der Waals surface area contributed by atoms with Gasteiger partial charge in [-0.3, -0.25) is 0 Å². The Morgan fingerprint density at radius 1 is 0.886 bits per heavy atom. The number of rotatable bonds is 5. The first-order valence-corrected chi connectivity index (χ1v) is 11.7. The minimum atomic E-state index is -0.554. The van der Waals surface area contributed by atoms with E-state index in [2.05, 4.69) is 30.5 Å². The SMILES string of the molecule is COC(=O)c1ccc2c(c1)c(C)c(C)n2Cc1ccc(-c2ccccc2C(=O)OC(C)(C)C)cc1. The Kier molecular flexibility index (Phi) is 6.53. The van der Waals surface area contributed by atoms with E-state index in [-0.39, 0.29) is 11.9 Å². The molecule has 0 atom stereocenters. The third kappa shape index (κ3) is 4.99. The number of hydrogen-bond donors (Lipinski definition) is 0. The van der Waals surface area contributed by atoms with Crippen LogP contribution in [0.4, 0.5) is 0 Å². The van der Waals surface area contributed by atoms with E-state index in [1.54, 1.807) is 12.1 Å². The first-order chi connectivity index (χ1) is 16.6. The summed E-state index contributed by atoms with van der Waals surface area (Å²) in [4.78, 5) is 24.7. The molecule has 0 fully saturated rings. The van der Waals surface area contributed by atoms with Crippen LogP contribution in [-0.2, 0) is 16.0 Å². The summed E-state index contributed by atoms with van der Waals surface area (Å²) >= 11 is 0. The lowest BCUT2D eigenvalue weighted by atomic mass is 9.98. The number of nitrogens with zero attached hydrogens (tertiary/aromatic N) is 1. The summed E-state index contributed by atoms with van der Waals surface area (Å²) in [5.41, 5.74) is 6.88. The molecule has 0 amide bonds. The summed E-state index contributed by atoms with van der Waals surface area (Å²) in [5.74, 6) is -0.660. The molecule has 0 radical (unpaired) electrons. The van der Waals surface area contributed by atoms with Crippen LogP contribution >= 0.6 is 0 Å². The van der Waals surface area contributed by atoms with E-state index in [1.807, 2.05) is 63.2 Å². The Morgan fingerprint density at radius 2 is 1.57 bits per heavy atom. The third-order valence-corrected chi connectivity index (χ3v) is 6.21. The molecule has 4 rings (SSSR count). The molecule has 3 aromatic carbocycles. The monoisotopic (exact) mass is 469 g/mol. The van der Waals surface area contributed by atoms with Crippen LogP contribution in [0.1, 0.15) is 58.3 Å². The van der Waals surface area contributed by atoms with E-state index in [9.17, 15) is 9.59 Å². The summed E-state index contributed by atoms with van der Waals surface area (Å²) in [5, 5.41) is 1.05.